The highest BCUT2D eigenvalue weighted by atomic mass is 16.1. The summed E-state index contributed by atoms with van der Waals surface area (Å²) in [5.41, 5.74) is 7.42. The van der Waals surface area contributed by atoms with Gasteiger partial charge < -0.3 is 5.73 Å². The monoisotopic (exact) mass is 238 g/mol. The zero-order valence-electron chi connectivity index (χ0n) is 11.0. The molecule has 0 aliphatic rings. The Labute approximate surface area is 102 Å². The van der Waals surface area contributed by atoms with Gasteiger partial charge in [0, 0.05) is 13.1 Å². The molecule has 1 aromatic rings. The standard InChI is InChI=1S/C12H22N4O/c1-5-16-10(6-9(4)15-16)7-14-11(8(2)3)12(13)17/h6,8,11,14H,5,7H2,1-4H3,(H2,13,17). The molecule has 17 heavy (non-hydrogen) atoms. The number of rotatable bonds is 6. The lowest BCUT2D eigenvalue weighted by molar-refractivity contribution is -0.121. The Bertz CT molecular complexity index is 384. The quantitative estimate of drug-likeness (QED) is 0.770. The predicted molar refractivity (Wildman–Crippen MR) is 67.3 cm³/mol. The van der Waals surface area contributed by atoms with Crippen molar-refractivity contribution >= 4 is 5.91 Å². The lowest BCUT2D eigenvalue weighted by Gasteiger charge is -2.19. The summed E-state index contributed by atoms with van der Waals surface area (Å²) in [6, 6.07) is 1.73. The molecule has 0 aliphatic carbocycles. The SMILES string of the molecule is CCn1nc(C)cc1CNC(C(N)=O)C(C)C. The predicted octanol–water partition coefficient (Wildman–Crippen LogP) is 0.811. The van der Waals surface area contributed by atoms with Crippen LogP contribution in [0.3, 0.4) is 0 Å². The Morgan fingerprint density at radius 3 is 2.71 bits per heavy atom. The first-order chi connectivity index (χ1) is 7.95. The van der Waals surface area contributed by atoms with Gasteiger partial charge in [0.2, 0.25) is 5.91 Å². The molecule has 0 spiro atoms. The third kappa shape index (κ3) is 3.56. The normalized spacial score (nSPS) is 13.0. The van der Waals surface area contributed by atoms with Crippen LogP contribution < -0.4 is 11.1 Å². The average molecular weight is 238 g/mol. The van der Waals surface area contributed by atoms with E-state index < -0.39 is 0 Å². The maximum Gasteiger partial charge on any atom is 0.234 e. The van der Waals surface area contributed by atoms with Gasteiger partial charge in [0.15, 0.2) is 0 Å². The Kier molecular flexibility index (Phi) is 4.69. The molecule has 0 aliphatic heterocycles. The van der Waals surface area contributed by atoms with Crippen molar-refractivity contribution in [2.75, 3.05) is 0 Å². The van der Waals surface area contributed by atoms with Gasteiger partial charge in [0.1, 0.15) is 0 Å². The van der Waals surface area contributed by atoms with Gasteiger partial charge in [-0.3, -0.25) is 14.8 Å². The van der Waals surface area contributed by atoms with Gasteiger partial charge in [-0.1, -0.05) is 13.8 Å². The molecule has 0 radical (unpaired) electrons. The van der Waals surface area contributed by atoms with Gasteiger partial charge in [-0.25, -0.2) is 0 Å². The lowest BCUT2D eigenvalue weighted by atomic mass is 10.0. The van der Waals surface area contributed by atoms with Crippen LogP contribution in [0.5, 0.6) is 0 Å². The molecule has 1 atom stereocenters. The third-order valence-electron chi connectivity index (χ3n) is 2.76. The second kappa shape index (κ2) is 5.82. The number of nitrogens with two attached hydrogens (primary N) is 1. The van der Waals surface area contributed by atoms with Gasteiger partial charge in [-0.2, -0.15) is 5.10 Å². The van der Waals surface area contributed by atoms with E-state index in [0.29, 0.717) is 6.54 Å². The lowest BCUT2D eigenvalue weighted by Crippen LogP contribution is -2.44. The molecule has 5 nitrogen and oxygen atoms in total. The van der Waals surface area contributed by atoms with E-state index in [1.54, 1.807) is 0 Å². The van der Waals surface area contributed by atoms with Crippen LogP contribution in [-0.2, 0) is 17.9 Å². The van der Waals surface area contributed by atoms with Crippen LogP contribution in [0, 0.1) is 12.8 Å². The van der Waals surface area contributed by atoms with E-state index in [0.717, 1.165) is 17.9 Å². The number of aromatic nitrogens is 2. The molecule has 5 heteroatoms. The topological polar surface area (TPSA) is 72.9 Å². The van der Waals surface area contributed by atoms with Crippen molar-refractivity contribution in [3.05, 3.63) is 17.5 Å². The summed E-state index contributed by atoms with van der Waals surface area (Å²) in [5.74, 6) is -0.120. The zero-order valence-corrected chi connectivity index (χ0v) is 11.0. The number of primary amides is 1. The minimum Gasteiger partial charge on any atom is -0.368 e. The van der Waals surface area contributed by atoms with Crippen molar-refractivity contribution in [3.63, 3.8) is 0 Å². The molecular weight excluding hydrogens is 216 g/mol. The second-order valence-electron chi connectivity index (χ2n) is 4.60. The average Bonchev–Trinajstić information content (AvgIpc) is 2.58. The fourth-order valence-corrected chi connectivity index (χ4v) is 1.89. The van der Waals surface area contributed by atoms with Crippen LogP contribution >= 0.6 is 0 Å². The Hall–Kier alpha value is -1.36. The van der Waals surface area contributed by atoms with E-state index in [-0.39, 0.29) is 17.9 Å². The molecule has 3 N–H and O–H groups in total. The van der Waals surface area contributed by atoms with E-state index in [2.05, 4.69) is 10.4 Å². The molecule has 0 saturated heterocycles. The fourth-order valence-electron chi connectivity index (χ4n) is 1.89. The molecule has 1 heterocycles. The zero-order chi connectivity index (χ0) is 13.0. The number of hydrogen-bond donors (Lipinski definition) is 2. The third-order valence-corrected chi connectivity index (χ3v) is 2.76. The first-order valence-corrected chi connectivity index (χ1v) is 6.01. The van der Waals surface area contributed by atoms with Crippen molar-refractivity contribution in [3.8, 4) is 0 Å². The number of carbonyl (C=O) groups is 1. The van der Waals surface area contributed by atoms with Crippen LogP contribution in [0.2, 0.25) is 0 Å². The molecule has 0 aromatic carbocycles. The van der Waals surface area contributed by atoms with E-state index in [9.17, 15) is 4.79 Å². The fraction of sp³-hybridized carbons (Fsp3) is 0.667. The Morgan fingerprint density at radius 1 is 1.59 bits per heavy atom. The van der Waals surface area contributed by atoms with Gasteiger partial charge in [0.05, 0.1) is 17.4 Å². The van der Waals surface area contributed by atoms with Crippen LogP contribution in [0.25, 0.3) is 0 Å². The van der Waals surface area contributed by atoms with E-state index >= 15 is 0 Å². The van der Waals surface area contributed by atoms with Crippen molar-refractivity contribution in [1.82, 2.24) is 15.1 Å². The van der Waals surface area contributed by atoms with Crippen molar-refractivity contribution < 1.29 is 4.79 Å². The summed E-state index contributed by atoms with van der Waals surface area (Å²) in [7, 11) is 0. The summed E-state index contributed by atoms with van der Waals surface area (Å²) in [4.78, 5) is 11.3. The largest absolute Gasteiger partial charge is 0.368 e. The summed E-state index contributed by atoms with van der Waals surface area (Å²) in [5, 5.41) is 7.54. The number of hydrogen-bond acceptors (Lipinski definition) is 3. The Morgan fingerprint density at radius 2 is 2.24 bits per heavy atom. The van der Waals surface area contributed by atoms with Crippen LogP contribution in [0.15, 0.2) is 6.07 Å². The number of amides is 1. The summed E-state index contributed by atoms with van der Waals surface area (Å²) >= 11 is 0. The summed E-state index contributed by atoms with van der Waals surface area (Å²) < 4.78 is 1.93. The van der Waals surface area contributed by atoms with Gasteiger partial charge >= 0.3 is 0 Å². The van der Waals surface area contributed by atoms with Crippen LogP contribution in [0.1, 0.15) is 32.2 Å². The molecule has 1 unspecified atom stereocenters. The van der Waals surface area contributed by atoms with Crippen LogP contribution in [0.4, 0.5) is 0 Å². The molecule has 1 amide bonds. The number of nitrogens with one attached hydrogen (secondary N) is 1. The minimum absolute atomic E-state index is 0.187. The van der Waals surface area contributed by atoms with Gasteiger partial charge in [0.25, 0.3) is 0 Å². The molecule has 1 rings (SSSR count). The van der Waals surface area contributed by atoms with Crippen molar-refractivity contribution in [1.29, 1.82) is 0 Å². The first kappa shape index (κ1) is 13.7. The number of carbonyl (C=O) groups excluding carboxylic acids is 1. The highest BCUT2D eigenvalue weighted by molar-refractivity contribution is 5.80. The van der Waals surface area contributed by atoms with Crippen molar-refractivity contribution in [2.24, 2.45) is 11.7 Å². The van der Waals surface area contributed by atoms with Crippen LogP contribution in [-0.4, -0.2) is 21.7 Å². The molecule has 0 fully saturated rings. The smallest absolute Gasteiger partial charge is 0.234 e. The summed E-state index contributed by atoms with van der Waals surface area (Å²) in [6.45, 7) is 9.40. The van der Waals surface area contributed by atoms with Gasteiger partial charge in [-0.15, -0.1) is 0 Å². The van der Waals surface area contributed by atoms with Crippen molar-refractivity contribution in [2.45, 2.75) is 46.8 Å². The molecule has 1 aromatic heterocycles. The highest BCUT2D eigenvalue weighted by Crippen LogP contribution is 2.06. The van der Waals surface area contributed by atoms with E-state index in [1.807, 2.05) is 38.4 Å². The maximum atomic E-state index is 11.3. The summed E-state index contributed by atoms with van der Waals surface area (Å²) in [6.07, 6.45) is 0. The number of aryl methyl sites for hydroxylation is 2. The maximum absolute atomic E-state index is 11.3. The molecule has 0 saturated carbocycles. The Balaban J connectivity index is 2.68. The molecule has 0 bridgehead atoms. The second-order valence-corrected chi connectivity index (χ2v) is 4.60. The molecule has 96 valence electrons. The van der Waals surface area contributed by atoms with E-state index in [4.69, 9.17) is 5.73 Å². The molecular formula is C12H22N4O. The first-order valence-electron chi connectivity index (χ1n) is 6.01. The van der Waals surface area contributed by atoms with E-state index in [1.165, 1.54) is 0 Å². The number of nitrogens with zero attached hydrogens (tertiary/aromatic N) is 2. The van der Waals surface area contributed by atoms with Gasteiger partial charge in [-0.05, 0) is 25.8 Å². The minimum atomic E-state index is -0.306. The highest BCUT2D eigenvalue weighted by Gasteiger charge is 2.19.